The molecule has 3 heteroatoms. The standard InChI is InChI=1S/C33H30O3/c34-27-17-18-28-32(25-15-7-13-23(25)30(27)35-28)20-19-29-33(21-9-3-1-4-10-21,22-11-5-2-6-12-22)26-16-8-14-24(26)31(32)36-29/h1-7,9-13,17-18,28-31H,8,14-16,19-20H2/t28-,29-,30-,31-,32+/m1/s1. The molecule has 2 aromatic carbocycles. The van der Waals surface area contributed by atoms with E-state index in [1.165, 1.54) is 28.7 Å². The van der Waals surface area contributed by atoms with Crippen molar-refractivity contribution in [3.05, 3.63) is 118 Å². The fraction of sp³-hybridized carbons (Fsp3) is 0.364. The van der Waals surface area contributed by atoms with Gasteiger partial charge in [-0.3, -0.25) is 4.79 Å². The molecule has 180 valence electrons. The molecule has 0 N–H and O–H groups in total. The maximum absolute atomic E-state index is 12.7. The number of fused-ring (bicyclic) bond motifs is 9. The number of carbonyl (C=O) groups is 1. The van der Waals surface area contributed by atoms with Gasteiger partial charge in [0.15, 0.2) is 5.78 Å². The molecule has 0 amide bonds. The lowest BCUT2D eigenvalue weighted by Gasteiger charge is -2.61. The second-order valence-electron chi connectivity index (χ2n) is 11.2. The van der Waals surface area contributed by atoms with Crippen molar-refractivity contribution in [3.63, 3.8) is 0 Å². The Bertz CT molecular complexity index is 1340. The van der Waals surface area contributed by atoms with E-state index in [0.29, 0.717) is 0 Å². The molecule has 4 heterocycles. The quantitative estimate of drug-likeness (QED) is 0.489. The summed E-state index contributed by atoms with van der Waals surface area (Å²) in [4.78, 5) is 12.7. The molecule has 1 saturated heterocycles. The zero-order valence-electron chi connectivity index (χ0n) is 20.4. The predicted octanol–water partition coefficient (Wildman–Crippen LogP) is 6.16. The van der Waals surface area contributed by atoms with Gasteiger partial charge in [0, 0.05) is 0 Å². The summed E-state index contributed by atoms with van der Waals surface area (Å²) in [5, 5.41) is 0. The Morgan fingerprint density at radius 2 is 1.58 bits per heavy atom. The van der Waals surface area contributed by atoms with Crippen molar-refractivity contribution in [2.24, 2.45) is 5.41 Å². The lowest BCUT2D eigenvalue weighted by atomic mass is 9.53. The summed E-state index contributed by atoms with van der Waals surface area (Å²) >= 11 is 0. The summed E-state index contributed by atoms with van der Waals surface area (Å²) in [6, 6.07) is 22.1. The van der Waals surface area contributed by atoms with Gasteiger partial charge >= 0.3 is 0 Å². The monoisotopic (exact) mass is 474 g/mol. The Morgan fingerprint density at radius 3 is 2.33 bits per heavy atom. The first-order chi connectivity index (χ1) is 17.7. The van der Waals surface area contributed by atoms with Crippen LogP contribution in [0.15, 0.2) is 107 Å². The Hall–Kier alpha value is -3.01. The number of ether oxygens (including phenoxy) is 2. The third kappa shape index (κ3) is 2.48. The summed E-state index contributed by atoms with van der Waals surface area (Å²) in [7, 11) is 0. The van der Waals surface area contributed by atoms with Crippen LogP contribution in [0.5, 0.6) is 0 Å². The van der Waals surface area contributed by atoms with Crippen molar-refractivity contribution in [1.29, 1.82) is 0 Å². The highest BCUT2D eigenvalue weighted by Crippen LogP contribution is 2.65. The lowest BCUT2D eigenvalue weighted by Crippen LogP contribution is -2.63. The van der Waals surface area contributed by atoms with E-state index in [9.17, 15) is 4.79 Å². The normalized spacial score (nSPS) is 35.4. The fourth-order valence-corrected chi connectivity index (χ4v) is 8.60. The van der Waals surface area contributed by atoms with Crippen LogP contribution in [0.2, 0.25) is 0 Å². The molecular weight excluding hydrogens is 444 g/mol. The largest absolute Gasteiger partial charge is 0.368 e. The van der Waals surface area contributed by atoms with E-state index in [-0.39, 0.29) is 34.9 Å². The van der Waals surface area contributed by atoms with Crippen molar-refractivity contribution in [3.8, 4) is 0 Å². The average molecular weight is 475 g/mol. The van der Waals surface area contributed by atoms with Crippen LogP contribution in [0.25, 0.3) is 0 Å². The number of ketones is 1. The first-order valence-electron chi connectivity index (χ1n) is 13.5. The van der Waals surface area contributed by atoms with Crippen LogP contribution in [-0.2, 0) is 19.7 Å². The highest BCUT2D eigenvalue weighted by Gasteiger charge is 2.64. The molecule has 4 aliphatic heterocycles. The van der Waals surface area contributed by atoms with Gasteiger partial charge < -0.3 is 9.47 Å². The molecule has 1 fully saturated rings. The molecule has 0 radical (unpaired) electrons. The highest BCUT2D eigenvalue weighted by molar-refractivity contribution is 5.98. The van der Waals surface area contributed by atoms with Crippen molar-refractivity contribution < 1.29 is 14.3 Å². The van der Waals surface area contributed by atoms with Crippen LogP contribution in [-0.4, -0.2) is 30.2 Å². The molecule has 2 aromatic rings. The molecule has 2 aliphatic carbocycles. The molecule has 0 saturated carbocycles. The van der Waals surface area contributed by atoms with Gasteiger partial charge in [-0.2, -0.15) is 0 Å². The zero-order chi connectivity index (χ0) is 23.9. The zero-order valence-corrected chi connectivity index (χ0v) is 20.4. The third-order valence-corrected chi connectivity index (χ3v) is 9.88. The minimum Gasteiger partial charge on any atom is -0.368 e. The van der Waals surface area contributed by atoms with Crippen molar-refractivity contribution in [2.75, 3.05) is 0 Å². The molecule has 5 atom stereocenters. The topological polar surface area (TPSA) is 35.5 Å². The number of benzene rings is 2. The Labute approximate surface area is 212 Å². The molecule has 36 heavy (non-hydrogen) atoms. The van der Waals surface area contributed by atoms with Gasteiger partial charge in [-0.25, -0.2) is 0 Å². The van der Waals surface area contributed by atoms with E-state index < -0.39 is 6.10 Å². The van der Waals surface area contributed by atoms with Crippen LogP contribution in [0.3, 0.4) is 0 Å². The van der Waals surface area contributed by atoms with E-state index in [1.54, 1.807) is 11.6 Å². The summed E-state index contributed by atoms with van der Waals surface area (Å²) in [6.07, 6.45) is 13.9. The number of carbonyl (C=O) groups excluding carboxylic acids is 1. The molecule has 6 aliphatic rings. The molecule has 8 rings (SSSR count). The third-order valence-electron chi connectivity index (χ3n) is 9.88. The first kappa shape index (κ1) is 21.1. The second-order valence-corrected chi connectivity index (χ2v) is 11.2. The van der Waals surface area contributed by atoms with Crippen molar-refractivity contribution >= 4 is 5.78 Å². The average Bonchev–Trinajstić information content (AvgIpc) is 3.62. The highest BCUT2D eigenvalue weighted by atomic mass is 16.5. The molecular formula is C33H30O3. The maximum atomic E-state index is 12.7. The molecule has 4 bridgehead atoms. The summed E-state index contributed by atoms with van der Waals surface area (Å²) in [5.41, 5.74) is 7.77. The molecule has 3 nitrogen and oxygen atoms in total. The van der Waals surface area contributed by atoms with Crippen LogP contribution in [0.1, 0.15) is 49.7 Å². The van der Waals surface area contributed by atoms with E-state index in [1.807, 2.05) is 6.08 Å². The number of hydrogen-bond acceptors (Lipinski definition) is 3. The van der Waals surface area contributed by atoms with Gasteiger partial charge in [0.2, 0.25) is 0 Å². The predicted molar refractivity (Wildman–Crippen MR) is 138 cm³/mol. The van der Waals surface area contributed by atoms with Gasteiger partial charge in [-0.15, -0.1) is 0 Å². The van der Waals surface area contributed by atoms with Crippen molar-refractivity contribution in [2.45, 2.75) is 68.4 Å². The molecule has 0 aromatic heterocycles. The molecule has 1 spiro atoms. The van der Waals surface area contributed by atoms with Gasteiger partial charge in [0.25, 0.3) is 0 Å². The van der Waals surface area contributed by atoms with Crippen LogP contribution < -0.4 is 0 Å². The number of allylic oxidation sites excluding steroid dienone is 1. The smallest absolute Gasteiger partial charge is 0.188 e. The van der Waals surface area contributed by atoms with Gasteiger partial charge in [-0.1, -0.05) is 84.5 Å². The van der Waals surface area contributed by atoms with Crippen LogP contribution in [0.4, 0.5) is 0 Å². The first-order valence-corrected chi connectivity index (χ1v) is 13.5. The van der Waals surface area contributed by atoms with Crippen LogP contribution in [0, 0.1) is 5.41 Å². The van der Waals surface area contributed by atoms with E-state index in [0.717, 1.165) is 37.7 Å². The SMILES string of the molecule is O=C1C=C[C@H]2O[C@@H]1C1=C(CC=C1)[C@@]21CC[C@H]2O[C@@H]1C1=C(CCC1)C2(c1ccccc1)c1ccccc1. The Balaban J connectivity index is 1.38. The summed E-state index contributed by atoms with van der Waals surface area (Å²) in [5.74, 6) is 0.0753. The van der Waals surface area contributed by atoms with E-state index >= 15 is 0 Å². The number of hydrogen-bond donors (Lipinski definition) is 0. The summed E-state index contributed by atoms with van der Waals surface area (Å²) in [6.45, 7) is 0. The second kappa shape index (κ2) is 7.50. The minimum atomic E-state index is -0.439. The van der Waals surface area contributed by atoms with E-state index in [4.69, 9.17) is 9.47 Å². The van der Waals surface area contributed by atoms with Gasteiger partial charge in [0.1, 0.15) is 6.10 Å². The van der Waals surface area contributed by atoms with Gasteiger partial charge in [0.05, 0.1) is 29.1 Å². The minimum absolute atomic E-state index is 0.00278. The van der Waals surface area contributed by atoms with Gasteiger partial charge in [-0.05, 0) is 72.4 Å². The molecule has 0 unspecified atom stereocenters. The van der Waals surface area contributed by atoms with Crippen molar-refractivity contribution in [1.82, 2.24) is 0 Å². The summed E-state index contributed by atoms with van der Waals surface area (Å²) < 4.78 is 13.9. The Morgan fingerprint density at radius 1 is 0.833 bits per heavy atom. The Kier molecular flexibility index (Phi) is 4.40. The van der Waals surface area contributed by atoms with E-state index in [2.05, 4.69) is 72.8 Å². The lowest BCUT2D eigenvalue weighted by molar-refractivity contribution is -0.180. The van der Waals surface area contributed by atoms with Crippen LogP contribution >= 0.6 is 0 Å². The fourth-order valence-electron chi connectivity index (χ4n) is 8.60. The number of rotatable bonds is 2. The maximum Gasteiger partial charge on any atom is 0.188 e.